The van der Waals surface area contributed by atoms with Crippen molar-refractivity contribution in [3.05, 3.63) is 34.5 Å². The fourth-order valence-corrected chi connectivity index (χ4v) is 2.26. The van der Waals surface area contributed by atoms with E-state index in [9.17, 15) is 9.59 Å². The van der Waals surface area contributed by atoms with Crippen LogP contribution in [0.3, 0.4) is 0 Å². The van der Waals surface area contributed by atoms with E-state index >= 15 is 0 Å². The third kappa shape index (κ3) is 2.25. The lowest BCUT2D eigenvalue weighted by Crippen LogP contribution is -2.42. The van der Waals surface area contributed by atoms with Crippen molar-refractivity contribution in [2.45, 2.75) is 19.8 Å². The monoisotopic (exact) mass is 292 g/mol. The van der Waals surface area contributed by atoms with E-state index in [-0.39, 0.29) is 17.6 Å². The van der Waals surface area contributed by atoms with Gasteiger partial charge < -0.3 is 4.42 Å². The van der Waals surface area contributed by atoms with E-state index in [1.807, 2.05) is 6.07 Å². The molecule has 6 heteroatoms. The number of amides is 2. The summed E-state index contributed by atoms with van der Waals surface area (Å²) in [5, 5.41) is 1.24. The Morgan fingerprint density at radius 3 is 2.70 bits per heavy atom. The first kappa shape index (κ1) is 13.0. The number of hydrogen-bond acceptors (Lipinski definition) is 3. The number of carbonyl (C=O) groups is 2. The van der Waals surface area contributed by atoms with Crippen molar-refractivity contribution >= 4 is 34.4 Å². The number of furan rings is 1. The predicted molar refractivity (Wildman–Crippen MR) is 74.3 cm³/mol. The molecule has 20 heavy (non-hydrogen) atoms. The highest BCUT2D eigenvalue weighted by Crippen LogP contribution is 2.31. The van der Waals surface area contributed by atoms with Crippen LogP contribution in [0.1, 0.15) is 29.0 Å². The maximum Gasteiger partial charge on any atom is 0.305 e. The van der Waals surface area contributed by atoms with Crippen LogP contribution < -0.4 is 10.9 Å². The van der Waals surface area contributed by atoms with Crippen LogP contribution in [0, 0.1) is 12.8 Å². The van der Waals surface area contributed by atoms with Crippen molar-refractivity contribution in [3.63, 3.8) is 0 Å². The predicted octanol–water partition coefficient (Wildman–Crippen LogP) is 2.57. The number of nitrogens with one attached hydrogen (secondary N) is 2. The zero-order valence-corrected chi connectivity index (χ0v) is 11.6. The van der Waals surface area contributed by atoms with Crippen molar-refractivity contribution in [2.75, 3.05) is 0 Å². The maximum absolute atomic E-state index is 12.0. The number of rotatable bonds is 2. The van der Waals surface area contributed by atoms with Gasteiger partial charge >= 0.3 is 5.91 Å². The van der Waals surface area contributed by atoms with Gasteiger partial charge in [0.1, 0.15) is 0 Å². The van der Waals surface area contributed by atoms with E-state index < -0.39 is 5.91 Å². The summed E-state index contributed by atoms with van der Waals surface area (Å²) in [4.78, 5) is 23.5. The second kappa shape index (κ2) is 4.83. The number of fused-ring (bicyclic) bond motifs is 1. The lowest BCUT2D eigenvalue weighted by molar-refractivity contribution is -0.123. The molecule has 0 atom stereocenters. The summed E-state index contributed by atoms with van der Waals surface area (Å²) in [5.74, 6) is -0.459. The Kier molecular flexibility index (Phi) is 3.14. The summed E-state index contributed by atoms with van der Waals surface area (Å²) in [6, 6.07) is 5.33. The Hall–Kier alpha value is -2.01. The number of halogens is 1. The first-order chi connectivity index (χ1) is 9.58. The van der Waals surface area contributed by atoms with Gasteiger partial charge in [0.2, 0.25) is 5.91 Å². The second-order valence-corrected chi connectivity index (χ2v) is 5.30. The van der Waals surface area contributed by atoms with Crippen LogP contribution >= 0.6 is 11.6 Å². The number of aryl methyl sites for hydroxylation is 1. The zero-order chi connectivity index (χ0) is 14.3. The van der Waals surface area contributed by atoms with E-state index in [0.717, 1.165) is 18.2 Å². The number of benzene rings is 1. The van der Waals surface area contributed by atoms with Gasteiger partial charge in [-0.1, -0.05) is 23.7 Å². The summed E-state index contributed by atoms with van der Waals surface area (Å²) in [6.07, 6.45) is 1.75. The fourth-order valence-electron chi connectivity index (χ4n) is 2.05. The van der Waals surface area contributed by atoms with E-state index in [1.54, 1.807) is 19.1 Å². The average Bonchev–Trinajstić information content (AvgIpc) is 3.22. The molecule has 2 amide bonds. The van der Waals surface area contributed by atoms with Crippen LogP contribution in [0.2, 0.25) is 5.02 Å². The van der Waals surface area contributed by atoms with Crippen molar-refractivity contribution in [1.29, 1.82) is 0 Å². The smallest absolute Gasteiger partial charge is 0.305 e. The Labute approximate surface area is 120 Å². The quantitative estimate of drug-likeness (QED) is 0.836. The van der Waals surface area contributed by atoms with Crippen molar-refractivity contribution in [1.82, 2.24) is 10.9 Å². The molecule has 0 unspecified atom stereocenters. The van der Waals surface area contributed by atoms with Crippen molar-refractivity contribution in [2.24, 2.45) is 5.92 Å². The molecule has 1 aromatic heterocycles. The van der Waals surface area contributed by atoms with E-state index in [2.05, 4.69) is 10.9 Å². The molecular formula is C14H13ClN2O3. The molecule has 0 spiro atoms. The molecule has 104 valence electrons. The van der Waals surface area contributed by atoms with Gasteiger partial charge in [-0.25, -0.2) is 0 Å². The fraction of sp³-hybridized carbons (Fsp3) is 0.286. The van der Waals surface area contributed by atoms with Gasteiger partial charge in [-0.3, -0.25) is 20.4 Å². The minimum absolute atomic E-state index is 0.0292. The highest BCUT2D eigenvalue weighted by atomic mass is 35.5. The van der Waals surface area contributed by atoms with Gasteiger partial charge in [0.05, 0.1) is 5.02 Å². The summed E-state index contributed by atoms with van der Waals surface area (Å²) >= 11 is 6.03. The molecular weight excluding hydrogens is 280 g/mol. The third-order valence-corrected chi connectivity index (χ3v) is 3.67. The van der Waals surface area contributed by atoms with E-state index in [0.29, 0.717) is 16.2 Å². The number of hydrazine groups is 1. The van der Waals surface area contributed by atoms with Gasteiger partial charge in [0.25, 0.3) is 0 Å². The largest absolute Gasteiger partial charge is 0.449 e. The first-order valence-corrected chi connectivity index (χ1v) is 6.73. The number of carbonyl (C=O) groups excluding carboxylic acids is 2. The molecule has 0 radical (unpaired) electrons. The van der Waals surface area contributed by atoms with Crippen LogP contribution in [0.4, 0.5) is 0 Å². The molecule has 1 heterocycles. The molecule has 5 nitrogen and oxygen atoms in total. The number of para-hydroxylation sites is 1. The van der Waals surface area contributed by atoms with Crippen LogP contribution in [0.5, 0.6) is 0 Å². The molecule has 1 saturated carbocycles. The standard InChI is InChI=1S/C14H13ClN2O3/c1-7-9-3-2-4-10(15)12(9)20-11(7)14(19)17-16-13(18)8-5-6-8/h2-4,8H,5-6H2,1H3,(H,16,18)(H,17,19). The van der Waals surface area contributed by atoms with Crippen molar-refractivity contribution in [3.8, 4) is 0 Å². The average molecular weight is 293 g/mol. The first-order valence-electron chi connectivity index (χ1n) is 6.35. The van der Waals surface area contributed by atoms with E-state index in [1.165, 1.54) is 0 Å². The van der Waals surface area contributed by atoms with Gasteiger partial charge in [-0.2, -0.15) is 0 Å². The van der Waals surface area contributed by atoms with E-state index in [4.69, 9.17) is 16.0 Å². The van der Waals surface area contributed by atoms with Crippen molar-refractivity contribution < 1.29 is 14.0 Å². The van der Waals surface area contributed by atoms with Crippen LogP contribution in [-0.4, -0.2) is 11.8 Å². The lowest BCUT2D eigenvalue weighted by atomic mass is 10.1. The summed E-state index contributed by atoms with van der Waals surface area (Å²) < 4.78 is 5.50. The normalized spacial score (nSPS) is 14.3. The molecule has 1 aliphatic rings. The van der Waals surface area contributed by atoms with Crippen LogP contribution in [0.15, 0.2) is 22.6 Å². The SMILES string of the molecule is Cc1c(C(=O)NNC(=O)C2CC2)oc2c(Cl)cccc12. The molecule has 0 bridgehead atoms. The van der Waals surface area contributed by atoms with Gasteiger partial charge in [0, 0.05) is 16.9 Å². The highest BCUT2D eigenvalue weighted by Gasteiger charge is 2.30. The minimum atomic E-state index is -0.483. The summed E-state index contributed by atoms with van der Waals surface area (Å²) in [6.45, 7) is 1.78. The third-order valence-electron chi connectivity index (χ3n) is 3.37. The molecule has 1 fully saturated rings. The lowest BCUT2D eigenvalue weighted by Gasteiger charge is -2.05. The van der Waals surface area contributed by atoms with Crippen LogP contribution in [-0.2, 0) is 4.79 Å². The Balaban J connectivity index is 1.82. The molecule has 1 aliphatic carbocycles. The van der Waals surface area contributed by atoms with Gasteiger partial charge in [0.15, 0.2) is 11.3 Å². The Morgan fingerprint density at radius 2 is 2.05 bits per heavy atom. The summed E-state index contributed by atoms with van der Waals surface area (Å²) in [7, 11) is 0. The molecule has 3 rings (SSSR count). The Morgan fingerprint density at radius 1 is 1.30 bits per heavy atom. The minimum Gasteiger partial charge on any atom is -0.449 e. The molecule has 0 aliphatic heterocycles. The Bertz CT molecular complexity index is 704. The zero-order valence-electron chi connectivity index (χ0n) is 10.8. The van der Waals surface area contributed by atoms with Gasteiger partial charge in [-0.05, 0) is 25.8 Å². The second-order valence-electron chi connectivity index (χ2n) is 4.89. The topological polar surface area (TPSA) is 71.3 Å². The van der Waals surface area contributed by atoms with Gasteiger partial charge in [-0.15, -0.1) is 0 Å². The maximum atomic E-state index is 12.0. The van der Waals surface area contributed by atoms with Crippen LogP contribution in [0.25, 0.3) is 11.0 Å². The molecule has 2 aromatic rings. The molecule has 1 aromatic carbocycles. The molecule has 0 saturated heterocycles. The molecule has 2 N–H and O–H groups in total. The highest BCUT2D eigenvalue weighted by molar-refractivity contribution is 6.35. The summed E-state index contributed by atoms with van der Waals surface area (Å²) in [5.41, 5.74) is 5.94. The number of hydrogen-bond donors (Lipinski definition) is 2.